The van der Waals surface area contributed by atoms with Crippen LogP contribution in [0.2, 0.25) is 0 Å². The Morgan fingerprint density at radius 3 is 2.26 bits per heavy atom. The standard InChI is InChI=1S/C49H53N3O14S3/c1-48(2)36-23-21-33(32-16-9-8-10-17-32)29-39(36)52(26-15-20-43(53)50-37(47(56)57)31-44(54)55)41(48)18-11-6-5-7-12-19-42-49(3,4)46-38(51(42)25-13-14-27-67-65-63-58)24-22-34-28-35(68-66-64-59)30-40(45(34)46)69(60,61)62/h5-12,16-19,21-24,28-30,37H,13-15,20,25-27,31H2,1-4H3,(H5-,50,53,54,55,56,57,58,59,60,61,62)/p+1. The van der Waals surface area contributed by atoms with Crippen LogP contribution in [0.5, 0.6) is 0 Å². The Bertz CT molecular complexity index is 2820. The number of carboxylic acid groups (broad SMARTS) is 2. The number of hydrogen-bond acceptors (Lipinski definition) is 14. The molecule has 366 valence electrons. The van der Waals surface area contributed by atoms with E-state index in [1.165, 1.54) is 6.07 Å². The molecule has 20 heteroatoms. The third-order valence-electron chi connectivity index (χ3n) is 12.0. The number of allylic oxidation sites excluding steroid dienone is 8. The number of benzene rings is 4. The summed E-state index contributed by atoms with van der Waals surface area (Å²) >= 11 is 1.54. The van der Waals surface area contributed by atoms with E-state index in [4.69, 9.17) is 15.6 Å². The van der Waals surface area contributed by atoms with Gasteiger partial charge in [0.05, 0.1) is 23.9 Å². The number of aliphatic carboxylic acids is 2. The van der Waals surface area contributed by atoms with Crippen molar-refractivity contribution >= 4 is 79.9 Å². The van der Waals surface area contributed by atoms with E-state index in [2.05, 4.69) is 65.6 Å². The average molecular weight is 1010 g/mol. The SMILES string of the molecule is CC1(C)C(/C=C/C=C/C=C/C=C2/N(CCCC(=O)NC(CC(=O)O)C(=O)O)c3cc(-c4ccccc4)ccc3C2(C)C)=[N+](CCCCSOOO)c2ccc3cc(SOOO)cc(S(=O)(=O)O)c3c21. The minimum atomic E-state index is -4.75. The third kappa shape index (κ3) is 12.6. The Morgan fingerprint density at radius 2 is 1.57 bits per heavy atom. The van der Waals surface area contributed by atoms with E-state index in [0.717, 1.165) is 51.5 Å². The van der Waals surface area contributed by atoms with Crippen LogP contribution in [0.1, 0.15) is 70.9 Å². The summed E-state index contributed by atoms with van der Waals surface area (Å²) in [5.41, 5.74) is 6.19. The zero-order chi connectivity index (χ0) is 49.9. The van der Waals surface area contributed by atoms with Gasteiger partial charge in [-0.15, -0.1) is 8.67 Å². The van der Waals surface area contributed by atoms with Gasteiger partial charge in [0.25, 0.3) is 10.1 Å². The van der Waals surface area contributed by atoms with Gasteiger partial charge >= 0.3 is 11.9 Å². The summed E-state index contributed by atoms with van der Waals surface area (Å²) in [6, 6.07) is 21.4. The van der Waals surface area contributed by atoms with Gasteiger partial charge < -0.3 is 20.4 Å². The van der Waals surface area contributed by atoms with Crippen LogP contribution >= 0.6 is 24.1 Å². The summed E-state index contributed by atoms with van der Waals surface area (Å²) in [5, 5.41) is 46.4. The van der Waals surface area contributed by atoms with Crippen LogP contribution in [0, 0.1) is 0 Å². The Morgan fingerprint density at radius 1 is 0.841 bits per heavy atom. The minimum absolute atomic E-state index is 0.0205. The Hall–Kier alpha value is -5.65. The maximum Gasteiger partial charge on any atom is 0.326 e. The number of carbonyl (C=O) groups is 3. The fraction of sp³-hybridized carbons (Fsp3) is 0.306. The molecule has 17 nitrogen and oxygen atoms in total. The molecule has 0 saturated carbocycles. The largest absolute Gasteiger partial charge is 0.481 e. The van der Waals surface area contributed by atoms with Crippen molar-refractivity contribution in [3.8, 4) is 11.1 Å². The third-order valence-corrected chi connectivity index (χ3v) is 14.1. The predicted molar refractivity (Wildman–Crippen MR) is 263 cm³/mol. The first-order valence-electron chi connectivity index (χ1n) is 21.8. The highest BCUT2D eigenvalue weighted by molar-refractivity contribution is 7.94. The smallest absolute Gasteiger partial charge is 0.326 e. The van der Waals surface area contributed by atoms with Gasteiger partial charge in [0, 0.05) is 82.0 Å². The normalized spacial score (nSPS) is 16.3. The van der Waals surface area contributed by atoms with Crippen molar-refractivity contribution in [1.82, 2.24) is 5.32 Å². The maximum absolute atomic E-state index is 12.9. The molecule has 4 aromatic rings. The van der Waals surface area contributed by atoms with Gasteiger partial charge in [0.1, 0.15) is 17.5 Å². The topological polar surface area (TPSA) is 242 Å². The number of unbranched alkanes of at least 4 members (excludes halogenated alkanes) is 1. The molecule has 2 heterocycles. The number of nitrogens with one attached hydrogen (secondary N) is 1. The number of rotatable bonds is 24. The molecular weight excluding hydrogens is 951 g/mol. The molecule has 0 fully saturated rings. The fourth-order valence-electron chi connectivity index (χ4n) is 8.94. The number of anilines is 1. The maximum atomic E-state index is 12.9. The first-order chi connectivity index (χ1) is 32.9. The highest BCUT2D eigenvalue weighted by atomic mass is 32.2. The van der Waals surface area contributed by atoms with Gasteiger partial charge in [0.15, 0.2) is 5.71 Å². The molecule has 4 aromatic carbocycles. The molecule has 0 aliphatic carbocycles. The van der Waals surface area contributed by atoms with Crippen molar-refractivity contribution < 1.29 is 71.4 Å². The van der Waals surface area contributed by atoms with Crippen LogP contribution in [0.15, 0.2) is 131 Å². The average Bonchev–Trinajstić information content (AvgIpc) is 3.65. The van der Waals surface area contributed by atoms with Gasteiger partial charge in [-0.2, -0.15) is 13.0 Å². The van der Waals surface area contributed by atoms with Crippen LogP contribution in [0.3, 0.4) is 0 Å². The van der Waals surface area contributed by atoms with E-state index in [1.54, 1.807) is 12.1 Å². The van der Waals surface area contributed by atoms with Crippen LogP contribution < -0.4 is 10.2 Å². The van der Waals surface area contributed by atoms with Gasteiger partial charge in [-0.1, -0.05) is 96.8 Å². The van der Waals surface area contributed by atoms with Crippen molar-refractivity contribution in [2.24, 2.45) is 0 Å². The first kappa shape index (κ1) is 52.7. The number of carboxylic acids is 2. The molecule has 0 radical (unpaired) electrons. The second kappa shape index (κ2) is 23.3. The predicted octanol–water partition coefficient (Wildman–Crippen LogP) is 9.58. The van der Waals surface area contributed by atoms with E-state index in [0.29, 0.717) is 66.5 Å². The number of nitrogens with zero attached hydrogens (tertiary/aromatic N) is 2. The van der Waals surface area contributed by atoms with Gasteiger partial charge in [-0.05, 0) is 79.1 Å². The molecule has 2 aliphatic rings. The second-order valence-corrected chi connectivity index (χ2v) is 20.2. The highest BCUT2D eigenvalue weighted by Gasteiger charge is 2.46. The summed E-state index contributed by atoms with van der Waals surface area (Å²) in [6.07, 6.45) is 14.5. The van der Waals surface area contributed by atoms with Crippen LogP contribution in [0.25, 0.3) is 21.9 Å². The molecule has 69 heavy (non-hydrogen) atoms. The summed E-state index contributed by atoms with van der Waals surface area (Å²) in [4.78, 5) is 37.7. The molecule has 1 atom stereocenters. The summed E-state index contributed by atoms with van der Waals surface area (Å²) in [7, 11) is -4.75. The molecule has 6 N–H and O–H groups in total. The number of amides is 1. The van der Waals surface area contributed by atoms with Crippen molar-refractivity contribution in [3.05, 3.63) is 132 Å². The van der Waals surface area contributed by atoms with Crippen LogP contribution in [-0.2, 0) is 54.1 Å². The molecule has 6 rings (SSSR count). The number of fused-ring (bicyclic) bond motifs is 4. The van der Waals surface area contributed by atoms with Crippen molar-refractivity contribution in [3.63, 3.8) is 0 Å². The molecule has 0 saturated heterocycles. The van der Waals surface area contributed by atoms with E-state index in [-0.39, 0.29) is 16.2 Å². The minimum Gasteiger partial charge on any atom is -0.481 e. The Kier molecular flexibility index (Phi) is 17.8. The Labute approximate surface area is 408 Å². The monoisotopic (exact) mass is 1000 g/mol. The van der Waals surface area contributed by atoms with Gasteiger partial charge in [-0.25, -0.2) is 15.3 Å². The molecule has 0 spiro atoms. The van der Waals surface area contributed by atoms with Crippen LogP contribution in [0.4, 0.5) is 11.4 Å². The lowest BCUT2D eigenvalue weighted by atomic mass is 9.79. The van der Waals surface area contributed by atoms with E-state index in [1.807, 2.05) is 92.8 Å². The first-order valence-corrected chi connectivity index (χ1v) is 24.9. The van der Waals surface area contributed by atoms with Crippen molar-refractivity contribution in [1.29, 1.82) is 0 Å². The lowest BCUT2D eigenvalue weighted by molar-refractivity contribution is -0.438. The van der Waals surface area contributed by atoms with Crippen LogP contribution in [-0.4, -0.2) is 86.7 Å². The molecule has 0 aromatic heterocycles. The van der Waals surface area contributed by atoms with E-state index >= 15 is 0 Å². The quantitative estimate of drug-likeness (QED) is 0.00728. The highest BCUT2D eigenvalue weighted by Crippen LogP contribution is 2.50. The zero-order valence-corrected chi connectivity index (χ0v) is 40.7. The second-order valence-electron chi connectivity index (χ2n) is 17.2. The lowest BCUT2D eigenvalue weighted by Crippen LogP contribution is -2.42. The number of carbonyl (C=O) groups excluding carboxylic acids is 1. The lowest BCUT2D eigenvalue weighted by Gasteiger charge is -2.27. The van der Waals surface area contributed by atoms with Gasteiger partial charge in [0.2, 0.25) is 11.6 Å². The van der Waals surface area contributed by atoms with E-state index in [9.17, 15) is 32.5 Å². The zero-order valence-electron chi connectivity index (χ0n) is 38.2. The Balaban J connectivity index is 1.28. The molecule has 1 unspecified atom stereocenters. The molecule has 0 bridgehead atoms. The molecular formula is C49H54N3O14S3+. The summed E-state index contributed by atoms with van der Waals surface area (Å²) < 4.78 is 47.6. The summed E-state index contributed by atoms with van der Waals surface area (Å²) in [6.45, 7) is 9.18. The van der Waals surface area contributed by atoms with Crippen molar-refractivity contribution in [2.45, 2.75) is 86.5 Å². The molecule has 2 aliphatic heterocycles. The summed E-state index contributed by atoms with van der Waals surface area (Å²) in [5.74, 6) is -2.77. The van der Waals surface area contributed by atoms with Gasteiger partial charge in [-0.3, -0.25) is 14.1 Å². The van der Waals surface area contributed by atoms with Crippen molar-refractivity contribution in [2.75, 3.05) is 23.7 Å². The fourth-order valence-corrected chi connectivity index (χ4v) is 10.6. The number of hydrogen-bond donors (Lipinski definition) is 6. The molecule has 1 amide bonds. The van der Waals surface area contributed by atoms with E-state index < -0.39 is 51.3 Å².